The SMILES string of the molecule is CCc1cc2c3cccc4cccc(c5c(C(N)=O)c(C(N)=O)c(C(=O)O)c(c1C(=O)O)c25)c43. The first-order chi connectivity index (χ1) is 16.2. The Bertz CT molecular complexity index is 1750. The van der Waals surface area contributed by atoms with Crippen molar-refractivity contribution in [3.63, 3.8) is 0 Å². The van der Waals surface area contributed by atoms with Crippen molar-refractivity contribution in [2.24, 2.45) is 11.5 Å². The van der Waals surface area contributed by atoms with Gasteiger partial charge < -0.3 is 21.7 Å². The Morgan fingerprint density at radius 3 is 1.79 bits per heavy atom. The summed E-state index contributed by atoms with van der Waals surface area (Å²) in [6.45, 7) is 1.76. The van der Waals surface area contributed by atoms with E-state index in [0.717, 1.165) is 16.2 Å². The molecular weight excluding hydrogens is 436 g/mol. The second-order valence-corrected chi connectivity index (χ2v) is 8.11. The molecule has 34 heavy (non-hydrogen) atoms. The Hall–Kier alpha value is -4.72. The van der Waals surface area contributed by atoms with Crippen LogP contribution in [0.1, 0.15) is 53.9 Å². The number of primary amides is 2. The summed E-state index contributed by atoms with van der Waals surface area (Å²) < 4.78 is 0. The smallest absolute Gasteiger partial charge is 0.337 e. The number of carbonyl (C=O) groups is 4. The number of benzene rings is 5. The number of hydrogen-bond donors (Lipinski definition) is 4. The van der Waals surface area contributed by atoms with Gasteiger partial charge in [0.2, 0.25) is 11.8 Å². The highest BCUT2D eigenvalue weighted by Gasteiger charge is 2.33. The minimum atomic E-state index is -1.58. The molecule has 0 bridgehead atoms. The average molecular weight is 454 g/mol. The van der Waals surface area contributed by atoms with Crippen LogP contribution in [0.5, 0.6) is 0 Å². The molecule has 0 aromatic heterocycles. The zero-order valence-electron chi connectivity index (χ0n) is 17.9. The molecule has 0 radical (unpaired) electrons. The monoisotopic (exact) mass is 454 g/mol. The summed E-state index contributed by atoms with van der Waals surface area (Å²) in [5.74, 6) is -5.15. The first-order valence-corrected chi connectivity index (χ1v) is 10.5. The second kappa shape index (κ2) is 7.14. The molecule has 0 aliphatic carbocycles. The molecule has 0 heterocycles. The molecule has 0 atom stereocenters. The third-order valence-electron chi connectivity index (χ3n) is 6.42. The van der Waals surface area contributed by atoms with Gasteiger partial charge in [-0.05, 0) is 50.4 Å². The Kier molecular flexibility index (Phi) is 4.44. The fourth-order valence-electron chi connectivity index (χ4n) is 5.23. The number of fused-ring (bicyclic) bond motifs is 2. The summed E-state index contributed by atoms with van der Waals surface area (Å²) in [7, 11) is 0. The van der Waals surface area contributed by atoms with E-state index in [1.165, 1.54) is 0 Å². The van der Waals surface area contributed by atoms with Crippen molar-refractivity contribution >= 4 is 66.8 Å². The molecule has 8 nitrogen and oxygen atoms in total. The molecule has 0 unspecified atom stereocenters. The van der Waals surface area contributed by atoms with E-state index in [-0.39, 0.29) is 27.3 Å². The van der Waals surface area contributed by atoms with Crippen LogP contribution in [0, 0.1) is 0 Å². The fourth-order valence-corrected chi connectivity index (χ4v) is 5.23. The van der Waals surface area contributed by atoms with Crippen molar-refractivity contribution < 1.29 is 29.4 Å². The summed E-state index contributed by atoms with van der Waals surface area (Å²) in [4.78, 5) is 50.3. The average Bonchev–Trinajstić information content (AvgIpc) is 2.79. The highest BCUT2D eigenvalue weighted by Crippen LogP contribution is 2.46. The lowest BCUT2D eigenvalue weighted by molar-refractivity contribution is 0.0693. The molecular formula is C26H18N2O6. The molecule has 0 aliphatic rings. The van der Waals surface area contributed by atoms with Crippen molar-refractivity contribution in [1.29, 1.82) is 0 Å². The molecule has 168 valence electrons. The summed E-state index contributed by atoms with van der Waals surface area (Å²) >= 11 is 0. The van der Waals surface area contributed by atoms with Crippen LogP contribution >= 0.6 is 0 Å². The molecule has 0 saturated carbocycles. The van der Waals surface area contributed by atoms with Gasteiger partial charge in [0, 0.05) is 10.8 Å². The maximum Gasteiger partial charge on any atom is 0.337 e. The van der Waals surface area contributed by atoms with E-state index in [0.29, 0.717) is 22.8 Å². The highest BCUT2D eigenvalue weighted by atomic mass is 16.4. The molecule has 2 amide bonds. The van der Waals surface area contributed by atoms with Crippen LogP contribution in [0.25, 0.3) is 43.1 Å². The molecule has 8 heteroatoms. The number of hydrogen-bond acceptors (Lipinski definition) is 4. The highest BCUT2D eigenvalue weighted by molar-refractivity contribution is 6.40. The zero-order chi connectivity index (χ0) is 24.5. The van der Waals surface area contributed by atoms with Gasteiger partial charge in [-0.3, -0.25) is 9.59 Å². The minimum Gasteiger partial charge on any atom is -0.478 e. The van der Waals surface area contributed by atoms with Gasteiger partial charge in [-0.1, -0.05) is 43.3 Å². The van der Waals surface area contributed by atoms with Crippen molar-refractivity contribution in [2.75, 3.05) is 0 Å². The zero-order valence-corrected chi connectivity index (χ0v) is 17.9. The molecule has 0 spiro atoms. The standard InChI is InChI=1S/C26H18N2O6/c1-2-10-9-14-12-7-3-5-11-6-4-8-13(15(11)12)17-18(14)19(16(10)25(31)32)22(26(33)34)21(24(28)30)20(17)23(27)29/h3-9H,2H2,1H3,(H2,27,29)(H2,28,30)(H,31,32)(H,33,34). The van der Waals surface area contributed by atoms with Crippen LogP contribution in [0.4, 0.5) is 0 Å². The van der Waals surface area contributed by atoms with E-state index in [9.17, 15) is 29.4 Å². The van der Waals surface area contributed by atoms with Gasteiger partial charge in [-0.2, -0.15) is 0 Å². The second-order valence-electron chi connectivity index (χ2n) is 8.11. The molecule has 5 aromatic rings. The predicted molar refractivity (Wildman–Crippen MR) is 128 cm³/mol. The molecule has 0 fully saturated rings. The van der Waals surface area contributed by atoms with E-state index in [2.05, 4.69) is 0 Å². The van der Waals surface area contributed by atoms with Gasteiger partial charge in [-0.15, -0.1) is 0 Å². The van der Waals surface area contributed by atoms with Gasteiger partial charge in [0.05, 0.1) is 22.3 Å². The van der Waals surface area contributed by atoms with E-state index < -0.39 is 34.9 Å². The summed E-state index contributed by atoms with van der Waals surface area (Å²) in [6.07, 6.45) is 0.292. The number of carboxylic acids is 2. The number of carboxylic acid groups (broad SMARTS) is 2. The Morgan fingerprint density at radius 1 is 0.676 bits per heavy atom. The third kappa shape index (κ3) is 2.59. The van der Waals surface area contributed by atoms with Crippen LogP contribution in [0.3, 0.4) is 0 Å². The Balaban J connectivity index is 2.36. The van der Waals surface area contributed by atoms with Crippen molar-refractivity contribution in [3.05, 3.63) is 70.3 Å². The molecule has 0 saturated heterocycles. The maximum atomic E-state index is 12.7. The van der Waals surface area contributed by atoms with Crippen molar-refractivity contribution in [2.45, 2.75) is 13.3 Å². The predicted octanol–water partition coefficient (Wildman–Crippen LogP) is 3.89. The first-order valence-electron chi connectivity index (χ1n) is 10.5. The van der Waals surface area contributed by atoms with Crippen LogP contribution in [-0.4, -0.2) is 34.0 Å². The van der Waals surface area contributed by atoms with Crippen molar-refractivity contribution in [3.8, 4) is 0 Å². The Morgan fingerprint density at radius 2 is 1.26 bits per heavy atom. The minimum absolute atomic E-state index is 0.144. The summed E-state index contributed by atoms with van der Waals surface area (Å²) in [6, 6.07) is 12.7. The van der Waals surface area contributed by atoms with Gasteiger partial charge in [0.15, 0.2) is 0 Å². The maximum absolute atomic E-state index is 12.7. The number of nitrogens with two attached hydrogens (primary N) is 2. The molecule has 5 rings (SSSR count). The topological polar surface area (TPSA) is 161 Å². The van der Waals surface area contributed by atoms with Gasteiger partial charge in [-0.25, -0.2) is 9.59 Å². The van der Waals surface area contributed by atoms with Crippen LogP contribution < -0.4 is 11.5 Å². The lowest BCUT2D eigenvalue weighted by Crippen LogP contribution is -2.25. The first kappa shape index (κ1) is 21.1. The fraction of sp³-hybridized carbons (Fsp3) is 0.0769. The Labute approximate surface area is 191 Å². The summed E-state index contributed by atoms with van der Waals surface area (Å²) in [5.41, 5.74) is 9.88. The van der Waals surface area contributed by atoms with Gasteiger partial charge in [0.1, 0.15) is 0 Å². The third-order valence-corrected chi connectivity index (χ3v) is 6.42. The molecule has 0 aliphatic heterocycles. The lowest BCUT2D eigenvalue weighted by Gasteiger charge is -2.22. The van der Waals surface area contributed by atoms with Crippen molar-refractivity contribution in [1.82, 2.24) is 0 Å². The number of aryl methyl sites for hydroxylation is 1. The van der Waals surface area contributed by atoms with E-state index in [4.69, 9.17) is 11.5 Å². The van der Waals surface area contributed by atoms with E-state index in [1.807, 2.05) is 24.3 Å². The number of amides is 2. The quantitative estimate of drug-likeness (QED) is 0.233. The number of aromatic carboxylic acids is 2. The normalized spacial score (nSPS) is 11.6. The lowest BCUT2D eigenvalue weighted by atomic mass is 9.80. The number of rotatable bonds is 5. The van der Waals surface area contributed by atoms with Gasteiger partial charge >= 0.3 is 11.9 Å². The van der Waals surface area contributed by atoms with Gasteiger partial charge in [0.25, 0.3) is 0 Å². The van der Waals surface area contributed by atoms with E-state index >= 15 is 0 Å². The van der Waals surface area contributed by atoms with E-state index in [1.54, 1.807) is 25.1 Å². The number of carbonyl (C=O) groups excluding carboxylic acids is 2. The molecule has 5 aromatic carbocycles. The van der Waals surface area contributed by atoms with Crippen LogP contribution in [0.15, 0.2) is 42.5 Å². The largest absolute Gasteiger partial charge is 0.478 e. The summed E-state index contributed by atoms with van der Waals surface area (Å²) in [5, 5.41) is 24.1. The molecule has 6 N–H and O–H groups in total. The van der Waals surface area contributed by atoms with Crippen LogP contribution in [-0.2, 0) is 6.42 Å². The van der Waals surface area contributed by atoms with Crippen LogP contribution in [0.2, 0.25) is 0 Å².